The van der Waals surface area contributed by atoms with Crippen LogP contribution in [0.4, 0.5) is 10.1 Å². The first-order valence-electron chi connectivity index (χ1n) is 5.86. The van der Waals surface area contributed by atoms with Gasteiger partial charge in [-0.3, -0.25) is 4.79 Å². The minimum atomic E-state index is -3.96. The van der Waals surface area contributed by atoms with Crippen molar-refractivity contribution in [3.63, 3.8) is 0 Å². The molecule has 0 aliphatic rings. The Morgan fingerprint density at radius 2 is 2.15 bits per heavy atom. The Kier molecular flexibility index (Phi) is 5.46. The van der Waals surface area contributed by atoms with Gasteiger partial charge in [-0.2, -0.15) is 0 Å². The van der Waals surface area contributed by atoms with Crippen LogP contribution in [0.3, 0.4) is 0 Å². The summed E-state index contributed by atoms with van der Waals surface area (Å²) < 4.78 is 42.4. The van der Waals surface area contributed by atoms with Crippen LogP contribution in [0, 0.1) is 5.82 Å². The summed E-state index contributed by atoms with van der Waals surface area (Å²) in [7, 11) is -2.50. The van der Waals surface area contributed by atoms with Gasteiger partial charge in [0.05, 0.1) is 17.2 Å². The van der Waals surface area contributed by atoms with E-state index in [0.717, 1.165) is 12.1 Å². The van der Waals surface area contributed by atoms with Crippen molar-refractivity contribution in [3.05, 3.63) is 24.0 Å². The van der Waals surface area contributed by atoms with Gasteiger partial charge in [0.15, 0.2) is 9.84 Å². The first-order chi connectivity index (χ1) is 9.30. The van der Waals surface area contributed by atoms with Gasteiger partial charge < -0.3 is 15.8 Å². The zero-order valence-corrected chi connectivity index (χ0v) is 12.0. The first kappa shape index (κ1) is 16.4. The van der Waals surface area contributed by atoms with E-state index >= 15 is 0 Å². The lowest BCUT2D eigenvalue weighted by Crippen LogP contribution is -2.39. The Morgan fingerprint density at radius 1 is 1.50 bits per heavy atom. The number of hydrogen-bond donors (Lipinski definition) is 2. The van der Waals surface area contributed by atoms with Crippen molar-refractivity contribution in [1.82, 2.24) is 5.32 Å². The Hall–Kier alpha value is -1.67. The Morgan fingerprint density at radius 3 is 2.70 bits per heavy atom. The standard InChI is InChI=1S/C12H17FN2O4S/c1-8(12(16)15-5-6-19-2)20(17,18)9-3-4-11(14)10(13)7-9/h3-4,7-8H,5-6,14H2,1-2H3,(H,15,16). The van der Waals surface area contributed by atoms with Crippen molar-refractivity contribution in [1.29, 1.82) is 0 Å². The van der Waals surface area contributed by atoms with E-state index in [9.17, 15) is 17.6 Å². The number of halogens is 1. The summed E-state index contributed by atoms with van der Waals surface area (Å²) >= 11 is 0. The lowest BCUT2D eigenvalue weighted by Gasteiger charge is -2.13. The van der Waals surface area contributed by atoms with Gasteiger partial charge in [0.2, 0.25) is 5.91 Å². The molecule has 1 rings (SSSR count). The van der Waals surface area contributed by atoms with Crippen LogP contribution in [0.25, 0.3) is 0 Å². The van der Waals surface area contributed by atoms with E-state index in [-0.39, 0.29) is 23.7 Å². The molecule has 0 heterocycles. The third-order valence-electron chi connectivity index (χ3n) is 2.74. The number of methoxy groups -OCH3 is 1. The number of nitrogens with one attached hydrogen (secondary N) is 1. The van der Waals surface area contributed by atoms with Gasteiger partial charge in [0.25, 0.3) is 0 Å². The number of sulfone groups is 1. The topological polar surface area (TPSA) is 98.5 Å². The molecule has 8 heteroatoms. The maximum atomic E-state index is 13.3. The molecule has 20 heavy (non-hydrogen) atoms. The van der Waals surface area contributed by atoms with Gasteiger partial charge in [-0.1, -0.05) is 0 Å². The van der Waals surface area contributed by atoms with Crippen LogP contribution in [-0.4, -0.2) is 39.8 Å². The van der Waals surface area contributed by atoms with Crippen LogP contribution < -0.4 is 11.1 Å². The fraction of sp³-hybridized carbons (Fsp3) is 0.417. The largest absolute Gasteiger partial charge is 0.396 e. The Bertz CT molecular complexity index is 589. The average Bonchev–Trinajstić information content (AvgIpc) is 2.40. The van der Waals surface area contributed by atoms with Crippen LogP contribution in [0.2, 0.25) is 0 Å². The number of ether oxygens (including phenoxy) is 1. The minimum absolute atomic E-state index is 0.152. The van der Waals surface area contributed by atoms with Gasteiger partial charge in [-0.25, -0.2) is 12.8 Å². The molecule has 0 fully saturated rings. The van der Waals surface area contributed by atoms with Gasteiger partial charge in [0, 0.05) is 13.7 Å². The number of nitrogens with two attached hydrogens (primary N) is 1. The van der Waals surface area contributed by atoms with Crippen molar-refractivity contribution >= 4 is 21.4 Å². The Balaban J connectivity index is 2.91. The fourth-order valence-electron chi connectivity index (χ4n) is 1.45. The van der Waals surface area contributed by atoms with Crippen LogP contribution in [0.15, 0.2) is 23.1 Å². The molecule has 0 saturated carbocycles. The normalized spacial score (nSPS) is 12.9. The third-order valence-corrected chi connectivity index (χ3v) is 4.80. The molecule has 0 spiro atoms. The van der Waals surface area contributed by atoms with Crippen molar-refractivity contribution in [2.75, 3.05) is 26.0 Å². The lowest BCUT2D eigenvalue weighted by molar-refractivity contribution is -0.120. The van der Waals surface area contributed by atoms with Crippen LogP contribution >= 0.6 is 0 Å². The molecule has 1 unspecified atom stereocenters. The molecule has 0 aromatic heterocycles. The summed E-state index contributed by atoms with van der Waals surface area (Å²) in [5.41, 5.74) is 5.13. The molecule has 1 aromatic rings. The molecular formula is C12H17FN2O4S. The van der Waals surface area contributed by atoms with Crippen molar-refractivity contribution in [2.24, 2.45) is 0 Å². The van der Waals surface area contributed by atoms with E-state index in [1.54, 1.807) is 0 Å². The molecule has 1 atom stereocenters. The molecule has 0 bridgehead atoms. The van der Waals surface area contributed by atoms with Gasteiger partial charge in [0.1, 0.15) is 11.1 Å². The van der Waals surface area contributed by atoms with Gasteiger partial charge >= 0.3 is 0 Å². The molecule has 6 nitrogen and oxygen atoms in total. The average molecular weight is 304 g/mol. The van der Waals surface area contributed by atoms with Gasteiger partial charge in [-0.05, 0) is 25.1 Å². The molecule has 1 amide bonds. The highest BCUT2D eigenvalue weighted by atomic mass is 32.2. The second-order valence-corrected chi connectivity index (χ2v) is 6.42. The summed E-state index contributed by atoms with van der Waals surface area (Å²) in [5.74, 6) is -1.50. The summed E-state index contributed by atoms with van der Waals surface area (Å²) in [5, 5.41) is 1.09. The highest BCUT2D eigenvalue weighted by molar-refractivity contribution is 7.92. The lowest BCUT2D eigenvalue weighted by atomic mass is 10.3. The predicted octanol–water partition coefficient (Wildman–Crippen LogP) is 0.333. The number of amides is 1. The number of rotatable bonds is 6. The summed E-state index contributed by atoms with van der Waals surface area (Å²) in [6.07, 6.45) is 0. The van der Waals surface area contributed by atoms with Crippen molar-refractivity contribution in [2.45, 2.75) is 17.1 Å². The maximum Gasteiger partial charge on any atom is 0.238 e. The highest BCUT2D eigenvalue weighted by Crippen LogP contribution is 2.20. The molecule has 0 aliphatic carbocycles. The number of anilines is 1. The smallest absolute Gasteiger partial charge is 0.238 e. The molecule has 0 radical (unpaired) electrons. The number of nitrogen functional groups attached to an aromatic ring is 1. The zero-order chi connectivity index (χ0) is 15.3. The monoisotopic (exact) mass is 304 g/mol. The van der Waals surface area contributed by atoms with Crippen molar-refractivity contribution in [3.8, 4) is 0 Å². The van der Waals surface area contributed by atoms with E-state index in [0.29, 0.717) is 0 Å². The third kappa shape index (κ3) is 3.67. The van der Waals surface area contributed by atoms with Crippen LogP contribution in [0.1, 0.15) is 6.92 Å². The maximum absolute atomic E-state index is 13.3. The quantitative estimate of drug-likeness (QED) is 0.583. The summed E-state index contributed by atoms with van der Waals surface area (Å²) in [6.45, 7) is 1.71. The van der Waals surface area contributed by atoms with E-state index < -0.39 is 26.8 Å². The second kappa shape index (κ2) is 6.67. The van der Waals surface area contributed by atoms with E-state index in [1.807, 2.05) is 0 Å². The molecular weight excluding hydrogens is 287 g/mol. The number of carbonyl (C=O) groups is 1. The van der Waals surface area contributed by atoms with E-state index in [1.165, 1.54) is 20.1 Å². The van der Waals surface area contributed by atoms with Crippen LogP contribution in [0.5, 0.6) is 0 Å². The number of benzene rings is 1. The Labute approximate surface area is 117 Å². The van der Waals surface area contributed by atoms with Gasteiger partial charge in [-0.15, -0.1) is 0 Å². The van der Waals surface area contributed by atoms with E-state index in [2.05, 4.69) is 5.32 Å². The highest BCUT2D eigenvalue weighted by Gasteiger charge is 2.30. The molecule has 3 N–H and O–H groups in total. The molecule has 0 aliphatic heterocycles. The number of carbonyl (C=O) groups excluding carboxylic acids is 1. The molecule has 112 valence electrons. The molecule has 1 aromatic carbocycles. The predicted molar refractivity (Wildman–Crippen MR) is 72.3 cm³/mol. The zero-order valence-electron chi connectivity index (χ0n) is 11.2. The fourth-order valence-corrected chi connectivity index (χ4v) is 2.75. The molecule has 0 saturated heterocycles. The van der Waals surface area contributed by atoms with Crippen molar-refractivity contribution < 1.29 is 22.3 Å². The first-order valence-corrected chi connectivity index (χ1v) is 7.41. The summed E-state index contributed by atoms with van der Waals surface area (Å²) in [6, 6.07) is 3.13. The number of hydrogen-bond acceptors (Lipinski definition) is 5. The summed E-state index contributed by atoms with van der Waals surface area (Å²) in [4.78, 5) is 11.4. The second-order valence-electron chi connectivity index (χ2n) is 4.15. The SMILES string of the molecule is COCCNC(=O)C(C)S(=O)(=O)c1ccc(N)c(F)c1. The minimum Gasteiger partial charge on any atom is -0.396 e. The van der Waals surface area contributed by atoms with Crippen LogP contribution in [-0.2, 0) is 19.4 Å². The van der Waals surface area contributed by atoms with E-state index in [4.69, 9.17) is 10.5 Å².